The van der Waals surface area contributed by atoms with Crippen LogP contribution in [0.2, 0.25) is 0 Å². The van der Waals surface area contributed by atoms with E-state index in [1.165, 1.54) is 32.1 Å². The van der Waals surface area contributed by atoms with Crippen molar-refractivity contribution in [2.75, 3.05) is 25.1 Å². The average Bonchev–Trinajstić information content (AvgIpc) is 3.28. The molecule has 1 unspecified atom stereocenters. The number of nitrogens with one attached hydrogen (secondary N) is 2. The van der Waals surface area contributed by atoms with Crippen LogP contribution in [0.3, 0.4) is 0 Å². The Morgan fingerprint density at radius 1 is 1.28 bits per heavy atom. The van der Waals surface area contributed by atoms with Gasteiger partial charge in [-0.1, -0.05) is 19.3 Å². The zero-order valence-electron chi connectivity index (χ0n) is 14.9. The SMILES string of the molecule is O=C(NCCCOC1CCCCC1)Nc1cnn(CC2CCCO2)c1. The van der Waals surface area contributed by atoms with Gasteiger partial charge in [-0.3, -0.25) is 4.68 Å². The molecule has 1 aromatic heterocycles. The third-order valence-corrected chi connectivity index (χ3v) is 4.82. The second-order valence-corrected chi connectivity index (χ2v) is 6.95. The first kappa shape index (κ1) is 18.2. The van der Waals surface area contributed by atoms with Crippen LogP contribution in [0.4, 0.5) is 10.5 Å². The van der Waals surface area contributed by atoms with Crippen LogP contribution >= 0.6 is 0 Å². The van der Waals surface area contributed by atoms with Gasteiger partial charge in [0.2, 0.25) is 0 Å². The fourth-order valence-electron chi connectivity index (χ4n) is 3.46. The molecule has 2 fully saturated rings. The predicted molar refractivity (Wildman–Crippen MR) is 95.7 cm³/mol. The van der Waals surface area contributed by atoms with Gasteiger partial charge in [-0.2, -0.15) is 5.10 Å². The Bertz CT molecular complexity index is 522. The summed E-state index contributed by atoms with van der Waals surface area (Å²) in [5.41, 5.74) is 0.703. The summed E-state index contributed by atoms with van der Waals surface area (Å²) >= 11 is 0. The Kier molecular flexibility index (Phi) is 7.11. The summed E-state index contributed by atoms with van der Waals surface area (Å²) in [5.74, 6) is 0. The Hall–Kier alpha value is -1.60. The highest BCUT2D eigenvalue weighted by Gasteiger charge is 2.16. The van der Waals surface area contributed by atoms with E-state index in [0.29, 0.717) is 24.9 Å². The van der Waals surface area contributed by atoms with Gasteiger partial charge in [-0.15, -0.1) is 0 Å². The predicted octanol–water partition coefficient (Wildman–Crippen LogP) is 2.92. The molecule has 1 atom stereocenters. The van der Waals surface area contributed by atoms with Crippen molar-refractivity contribution in [1.29, 1.82) is 0 Å². The van der Waals surface area contributed by atoms with Gasteiger partial charge >= 0.3 is 6.03 Å². The lowest BCUT2D eigenvalue weighted by molar-refractivity contribution is 0.0276. The van der Waals surface area contributed by atoms with Crippen molar-refractivity contribution in [2.45, 2.75) is 70.1 Å². The quantitative estimate of drug-likeness (QED) is 0.707. The minimum Gasteiger partial charge on any atom is -0.378 e. The Morgan fingerprint density at radius 3 is 2.96 bits per heavy atom. The number of aromatic nitrogens is 2. The smallest absolute Gasteiger partial charge is 0.319 e. The zero-order valence-corrected chi connectivity index (χ0v) is 14.9. The molecule has 1 aliphatic heterocycles. The third kappa shape index (κ3) is 6.32. The van der Waals surface area contributed by atoms with E-state index >= 15 is 0 Å². The van der Waals surface area contributed by atoms with Crippen molar-refractivity contribution < 1.29 is 14.3 Å². The van der Waals surface area contributed by atoms with E-state index in [-0.39, 0.29) is 12.1 Å². The molecule has 1 aliphatic carbocycles. The van der Waals surface area contributed by atoms with Crippen molar-refractivity contribution in [3.63, 3.8) is 0 Å². The summed E-state index contributed by atoms with van der Waals surface area (Å²) in [4.78, 5) is 11.9. The molecule has 3 rings (SSSR count). The molecule has 7 heteroatoms. The molecule has 0 aromatic carbocycles. The molecule has 0 spiro atoms. The molecule has 1 aromatic rings. The number of hydrogen-bond donors (Lipinski definition) is 2. The molecule has 0 radical (unpaired) electrons. The van der Waals surface area contributed by atoms with Crippen molar-refractivity contribution in [3.8, 4) is 0 Å². The maximum atomic E-state index is 11.9. The molecule has 2 N–H and O–H groups in total. The van der Waals surface area contributed by atoms with E-state index in [2.05, 4.69) is 15.7 Å². The Morgan fingerprint density at radius 2 is 2.16 bits per heavy atom. The second kappa shape index (κ2) is 9.77. The zero-order chi connectivity index (χ0) is 17.3. The molecule has 2 amide bonds. The number of amides is 2. The van der Waals surface area contributed by atoms with Gasteiger partial charge in [0.05, 0.1) is 30.6 Å². The monoisotopic (exact) mass is 350 g/mol. The molecule has 0 bridgehead atoms. The molecule has 1 saturated heterocycles. The summed E-state index contributed by atoms with van der Waals surface area (Å²) in [6.45, 7) is 2.90. The van der Waals surface area contributed by atoms with Gasteiger partial charge in [0.1, 0.15) is 0 Å². The lowest BCUT2D eigenvalue weighted by Crippen LogP contribution is -2.30. The fourth-order valence-corrected chi connectivity index (χ4v) is 3.46. The molecule has 25 heavy (non-hydrogen) atoms. The first-order valence-corrected chi connectivity index (χ1v) is 9.60. The molecule has 2 aliphatic rings. The first-order valence-electron chi connectivity index (χ1n) is 9.60. The van der Waals surface area contributed by atoms with E-state index in [0.717, 1.165) is 32.4 Å². The number of ether oxygens (including phenoxy) is 2. The van der Waals surface area contributed by atoms with Crippen LogP contribution in [-0.4, -0.2) is 47.8 Å². The number of carbonyl (C=O) groups is 1. The largest absolute Gasteiger partial charge is 0.378 e. The summed E-state index contributed by atoms with van der Waals surface area (Å²) in [7, 11) is 0. The van der Waals surface area contributed by atoms with Gasteiger partial charge in [0.15, 0.2) is 0 Å². The van der Waals surface area contributed by atoms with Crippen LogP contribution < -0.4 is 10.6 Å². The second-order valence-electron chi connectivity index (χ2n) is 6.95. The van der Waals surface area contributed by atoms with E-state index < -0.39 is 0 Å². The standard InChI is InChI=1S/C18H30N4O3/c23-18(19-9-5-11-24-16-6-2-1-3-7-16)21-15-12-20-22(13-15)14-17-8-4-10-25-17/h12-13,16-17H,1-11,14H2,(H2,19,21,23). The van der Waals surface area contributed by atoms with Crippen molar-refractivity contribution >= 4 is 11.7 Å². The van der Waals surface area contributed by atoms with Crippen LogP contribution in [0.15, 0.2) is 12.4 Å². The molecule has 1 saturated carbocycles. The molecule has 7 nitrogen and oxygen atoms in total. The molecule has 2 heterocycles. The number of urea groups is 1. The van der Waals surface area contributed by atoms with Crippen LogP contribution in [0.5, 0.6) is 0 Å². The highest BCUT2D eigenvalue weighted by molar-refractivity contribution is 5.88. The van der Waals surface area contributed by atoms with Gasteiger partial charge in [0.25, 0.3) is 0 Å². The van der Waals surface area contributed by atoms with Crippen LogP contribution in [0.1, 0.15) is 51.4 Å². The normalized spacial score (nSPS) is 21.4. The Balaban J connectivity index is 1.26. The highest BCUT2D eigenvalue weighted by Crippen LogP contribution is 2.20. The van der Waals surface area contributed by atoms with Gasteiger partial charge in [-0.05, 0) is 32.1 Å². The number of nitrogens with zero attached hydrogens (tertiary/aromatic N) is 2. The van der Waals surface area contributed by atoms with Gasteiger partial charge in [-0.25, -0.2) is 4.79 Å². The van der Waals surface area contributed by atoms with E-state index in [1.807, 2.05) is 10.9 Å². The highest BCUT2D eigenvalue weighted by atomic mass is 16.5. The van der Waals surface area contributed by atoms with E-state index in [4.69, 9.17) is 9.47 Å². The summed E-state index contributed by atoms with van der Waals surface area (Å²) in [6, 6.07) is -0.200. The van der Waals surface area contributed by atoms with Crippen molar-refractivity contribution in [1.82, 2.24) is 15.1 Å². The first-order chi connectivity index (χ1) is 12.3. The van der Waals surface area contributed by atoms with E-state index in [1.54, 1.807) is 6.20 Å². The maximum absolute atomic E-state index is 11.9. The molecular weight excluding hydrogens is 320 g/mol. The van der Waals surface area contributed by atoms with Gasteiger partial charge in [0, 0.05) is 26.0 Å². The summed E-state index contributed by atoms with van der Waals surface area (Å²) in [5, 5.41) is 9.94. The lowest BCUT2D eigenvalue weighted by Gasteiger charge is -2.21. The molecule has 140 valence electrons. The summed E-state index contributed by atoms with van der Waals surface area (Å²) in [6.07, 6.45) is 13.5. The number of anilines is 1. The number of rotatable bonds is 8. The summed E-state index contributed by atoms with van der Waals surface area (Å²) < 4.78 is 13.3. The molecular formula is C18H30N4O3. The van der Waals surface area contributed by atoms with Crippen molar-refractivity contribution in [2.24, 2.45) is 0 Å². The van der Waals surface area contributed by atoms with Gasteiger partial charge < -0.3 is 20.1 Å². The Labute approximate surface area is 149 Å². The van der Waals surface area contributed by atoms with E-state index in [9.17, 15) is 4.79 Å². The minimum atomic E-state index is -0.200. The average molecular weight is 350 g/mol. The third-order valence-electron chi connectivity index (χ3n) is 4.82. The topological polar surface area (TPSA) is 77.4 Å². The van der Waals surface area contributed by atoms with Crippen LogP contribution in [-0.2, 0) is 16.0 Å². The minimum absolute atomic E-state index is 0.200. The van der Waals surface area contributed by atoms with Crippen molar-refractivity contribution in [3.05, 3.63) is 12.4 Å². The van der Waals surface area contributed by atoms with Crippen LogP contribution in [0, 0.1) is 0 Å². The number of hydrogen-bond acceptors (Lipinski definition) is 4. The number of carbonyl (C=O) groups excluding carboxylic acids is 1. The lowest BCUT2D eigenvalue weighted by atomic mass is 9.98. The maximum Gasteiger partial charge on any atom is 0.319 e. The van der Waals surface area contributed by atoms with Crippen LogP contribution in [0.25, 0.3) is 0 Å². The fraction of sp³-hybridized carbons (Fsp3) is 0.778.